The number of aliphatic carboxylic acids is 1. The van der Waals surface area contributed by atoms with Crippen LogP contribution >= 0.6 is 22.9 Å². The van der Waals surface area contributed by atoms with Crippen LogP contribution in [0.2, 0.25) is 5.02 Å². The highest BCUT2D eigenvalue weighted by Gasteiger charge is 2.18. The summed E-state index contributed by atoms with van der Waals surface area (Å²) >= 11 is 7.17. The topological polar surface area (TPSA) is 83.2 Å². The minimum absolute atomic E-state index is 0.262. The van der Waals surface area contributed by atoms with Crippen LogP contribution in [0.1, 0.15) is 10.4 Å². The van der Waals surface area contributed by atoms with E-state index in [1.54, 1.807) is 24.3 Å². The number of hydrogen-bond acceptors (Lipinski definition) is 6. The molecule has 0 unspecified atom stereocenters. The standard InChI is InChI=1S/C21H14ClNO4S/c1-11-2-4-12(5-3-11)19-17(10-18(24)25)28-20(23-19)15-9-13-8-14(22)6-7-16(13)27-21(15)26/h2-9H,10H2,1H3,(H,24,25)/p-1. The molecule has 0 bridgehead atoms. The Morgan fingerprint density at radius 1 is 1.18 bits per heavy atom. The summed E-state index contributed by atoms with van der Waals surface area (Å²) in [7, 11) is 0. The number of nitrogens with zero attached hydrogens (tertiary/aromatic N) is 1. The molecule has 7 heteroatoms. The van der Waals surface area contributed by atoms with E-state index >= 15 is 0 Å². The van der Waals surface area contributed by atoms with Crippen molar-refractivity contribution < 1.29 is 14.3 Å². The van der Waals surface area contributed by atoms with Gasteiger partial charge in [-0.25, -0.2) is 9.78 Å². The van der Waals surface area contributed by atoms with Crippen LogP contribution in [-0.4, -0.2) is 11.0 Å². The first-order valence-electron chi connectivity index (χ1n) is 8.41. The minimum atomic E-state index is -1.21. The molecule has 5 nitrogen and oxygen atoms in total. The number of hydrogen-bond donors (Lipinski definition) is 0. The smallest absolute Gasteiger partial charge is 0.346 e. The zero-order valence-electron chi connectivity index (χ0n) is 14.7. The highest BCUT2D eigenvalue weighted by molar-refractivity contribution is 7.15. The molecule has 2 aromatic carbocycles. The van der Waals surface area contributed by atoms with Crippen LogP contribution in [0.4, 0.5) is 0 Å². The van der Waals surface area contributed by atoms with E-state index in [-0.39, 0.29) is 12.0 Å². The Balaban J connectivity index is 1.89. The van der Waals surface area contributed by atoms with Crippen LogP contribution in [0.15, 0.2) is 57.7 Å². The van der Waals surface area contributed by atoms with E-state index in [0.717, 1.165) is 22.5 Å². The molecule has 0 aliphatic rings. The van der Waals surface area contributed by atoms with E-state index in [0.29, 0.717) is 31.6 Å². The molecule has 0 amide bonds. The lowest BCUT2D eigenvalue weighted by Gasteiger charge is -2.03. The molecule has 0 aliphatic carbocycles. The fraction of sp³-hybridized carbons (Fsp3) is 0.0952. The molecule has 0 fully saturated rings. The predicted octanol–water partition coefficient (Wildman–Crippen LogP) is 3.84. The molecule has 0 spiro atoms. The highest BCUT2D eigenvalue weighted by atomic mass is 35.5. The van der Waals surface area contributed by atoms with Crippen LogP contribution in [0.3, 0.4) is 0 Å². The number of fused-ring (bicyclic) bond motifs is 1. The van der Waals surface area contributed by atoms with Gasteiger partial charge in [0.15, 0.2) is 0 Å². The monoisotopic (exact) mass is 410 g/mol. The Hall–Kier alpha value is -2.96. The number of benzene rings is 2. The summed E-state index contributed by atoms with van der Waals surface area (Å²) in [5, 5.41) is 12.8. The van der Waals surface area contributed by atoms with E-state index in [4.69, 9.17) is 16.0 Å². The number of carboxylic acids is 1. The van der Waals surface area contributed by atoms with E-state index in [1.807, 2.05) is 31.2 Å². The number of aryl methyl sites for hydroxylation is 1. The van der Waals surface area contributed by atoms with Gasteiger partial charge in [0.05, 0.1) is 11.3 Å². The molecule has 0 saturated heterocycles. The number of carbonyl (C=O) groups is 1. The maximum absolute atomic E-state index is 12.5. The van der Waals surface area contributed by atoms with Gasteiger partial charge in [0.1, 0.15) is 10.6 Å². The number of carboxylic acid groups (broad SMARTS) is 1. The largest absolute Gasteiger partial charge is 0.550 e. The maximum Gasteiger partial charge on any atom is 0.346 e. The third-order valence-electron chi connectivity index (χ3n) is 4.25. The molecule has 0 N–H and O–H groups in total. The van der Waals surface area contributed by atoms with E-state index < -0.39 is 11.6 Å². The van der Waals surface area contributed by atoms with Crippen molar-refractivity contribution >= 4 is 39.9 Å². The van der Waals surface area contributed by atoms with E-state index in [1.165, 1.54) is 0 Å². The van der Waals surface area contributed by atoms with Gasteiger partial charge in [-0.15, -0.1) is 11.3 Å². The average molecular weight is 411 g/mol. The summed E-state index contributed by atoms with van der Waals surface area (Å²) in [5.74, 6) is -1.21. The van der Waals surface area contributed by atoms with Crippen molar-refractivity contribution in [1.29, 1.82) is 0 Å². The van der Waals surface area contributed by atoms with E-state index in [9.17, 15) is 14.7 Å². The summed E-state index contributed by atoms with van der Waals surface area (Å²) in [5.41, 5.74) is 2.51. The second-order valence-electron chi connectivity index (χ2n) is 6.34. The van der Waals surface area contributed by atoms with Gasteiger partial charge in [-0.05, 0) is 31.2 Å². The second kappa shape index (κ2) is 7.22. The molecule has 0 aliphatic heterocycles. The summed E-state index contributed by atoms with van der Waals surface area (Å²) in [6.45, 7) is 1.96. The van der Waals surface area contributed by atoms with Crippen molar-refractivity contribution in [2.24, 2.45) is 0 Å². The van der Waals surface area contributed by atoms with Gasteiger partial charge in [-0.3, -0.25) is 0 Å². The first kappa shape index (κ1) is 18.4. The first-order valence-corrected chi connectivity index (χ1v) is 9.60. The average Bonchev–Trinajstić information content (AvgIpc) is 3.05. The Morgan fingerprint density at radius 2 is 1.93 bits per heavy atom. The lowest BCUT2D eigenvalue weighted by molar-refractivity contribution is -0.304. The van der Waals surface area contributed by atoms with Crippen LogP contribution < -0.4 is 10.7 Å². The first-order chi connectivity index (χ1) is 13.4. The van der Waals surface area contributed by atoms with Crippen molar-refractivity contribution in [2.75, 3.05) is 0 Å². The number of thiazole rings is 1. The summed E-state index contributed by atoms with van der Waals surface area (Å²) in [4.78, 5) is 28.8. The lowest BCUT2D eigenvalue weighted by atomic mass is 10.1. The molecule has 0 radical (unpaired) electrons. The second-order valence-corrected chi connectivity index (χ2v) is 7.86. The minimum Gasteiger partial charge on any atom is -0.550 e. The van der Waals surface area contributed by atoms with Gasteiger partial charge in [0.25, 0.3) is 0 Å². The van der Waals surface area contributed by atoms with Crippen LogP contribution in [0, 0.1) is 6.92 Å². The van der Waals surface area contributed by atoms with Crippen LogP contribution in [-0.2, 0) is 11.2 Å². The Bertz CT molecular complexity index is 1260. The van der Waals surface area contributed by atoms with Crippen LogP contribution in [0.5, 0.6) is 0 Å². The number of rotatable bonds is 4. The molecule has 4 aromatic rings. The van der Waals surface area contributed by atoms with Gasteiger partial charge in [0, 0.05) is 33.2 Å². The molecule has 0 saturated carbocycles. The Labute approximate surface area is 168 Å². The zero-order chi connectivity index (χ0) is 19.8. The quantitative estimate of drug-likeness (QED) is 0.477. The summed E-state index contributed by atoms with van der Waals surface area (Å²) in [6.07, 6.45) is -0.286. The van der Waals surface area contributed by atoms with Crippen molar-refractivity contribution in [3.8, 4) is 21.8 Å². The fourth-order valence-electron chi connectivity index (χ4n) is 2.90. The third-order valence-corrected chi connectivity index (χ3v) is 5.58. The SMILES string of the molecule is Cc1ccc(-c2nc(-c3cc4cc(Cl)ccc4oc3=O)sc2CC(=O)[O-])cc1. The van der Waals surface area contributed by atoms with Gasteiger partial charge >= 0.3 is 5.63 Å². The Kier molecular flexibility index (Phi) is 4.75. The van der Waals surface area contributed by atoms with Crippen molar-refractivity contribution in [3.63, 3.8) is 0 Å². The molecule has 140 valence electrons. The maximum atomic E-state index is 12.5. The van der Waals surface area contributed by atoms with Crippen molar-refractivity contribution in [3.05, 3.63) is 74.4 Å². The van der Waals surface area contributed by atoms with Crippen molar-refractivity contribution in [1.82, 2.24) is 4.98 Å². The molecular formula is C21H13ClNO4S-. The van der Waals surface area contributed by atoms with Crippen LogP contribution in [0.25, 0.3) is 32.8 Å². The molecule has 28 heavy (non-hydrogen) atoms. The third kappa shape index (κ3) is 3.56. The van der Waals surface area contributed by atoms with Gasteiger partial charge in [-0.2, -0.15) is 0 Å². The van der Waals surface area contributed by atoms with Gasteiger partial charge in [-0.1, -0.05) is 41.4 Å². The van der Waals surface area contributed by atoms with Crippen molar-refractivity contribution in [2.45, 2.75) is 13.3 Å². The summed E-state index contributed by atoms with van der Waals surface area (Å²) < 4.78 is 5.38. The highest BCUT2D eigenvalue weighted by Crippen LogP contribution is 2.34. The van der Waals surface area contributed by atoms with E-state index in [2.05, 4.69) is 4.98 Å². The summed E-state index contributed by atoms with van der Waals surface area (Å²) in [6, 6.07) is 14.2. The number of aromatic nitrogens is 1. The number of carbonyl (C=O) groups excluding carboxylic acids is 1. The predicted molar refractivity (Wildman–Crippen MR) is 107 cm³/mol. The van der Waals surface area contributed by atoms with Gasteiger partial charge in [0.2, 0.25) is 0 Å². The lowest BCUT2D eigenvalue weighted by Crippen LogP contribution is -2.24. The van der Waals surface area contributed by atoms with Gasteiger partial charge < -0.3 is 14.3 Å². The number of halogens is 1. The molecule has 4 rings (SSSR count). The fourth-order valence-corrected chi connectivity index (χ4v) is 4.15. The normalized spacial score (nSPS) is 11.1. The molecule has 2 aromatic heterocycles. The zero-order valence-corrected chi connectivity index (χ0v) is 16.3. The Morgan fingerprint density at radius 3 is 2.64 bits per heavy atom. The molecule has 2 heterocycles. The molecule has 0 atom stereocenters. The molecular weight excluding hydrogens is 398 g/mol.